The molecular weight excluding hydrogens is 516 g/mol. The third kappa shape index (κ3) is 5.52. The van der Waals surface area contributed by atoms with Crippen LogP contribution in [-0.4, -0.2) is 29.7 Å². The maximum absolute atomic E-state index is 13.7. The number of ether oxygens (including phenoxy) is 3. The van der Waals surface area contributed by atoms with Gasteiger partial charge in [0, 0.05) is 11.9 Å². The van der Waals surface area contributed by atoms with Crippen LogP contribution in [0.2, 0.25) is 5.02 Å². The van der Waals surface area contributed by atoms with E-state index in [-0.39, 0.29) is 23.5 Å². The van der Waals surface area contributed by atoms with Crippen LogP contribution in [0.5, 0.6) is 11.5 Å². The van der Waals surface area contributed by atoms with Crippen molar-refractivity contribution in [1.82, 2.24) is 4.57 Å². The fourth-order valence-electron chi connectivity index (χ4n) is 4.02. The highest BCUT2D eigenvalue weighted by molar-refractivity contribution is 7.07. The Balaban J connectivity index is 1.94. The van der Waals surface area contributed by atoms with Gasteiger partial charge in [-0.25, -0.2) is 9.79 Å². The first-order valence-electron chi connectivity index (χ1n) is 11.6. The second kappa shape index (κ2) is 11.1. The number of hydrogen-bond acceptors (Lipinski definition) is 8. The number of aromatic nitrogens is 1. The van der Waals surface area contributed by atoms with Gasteiger partial charge < -0.3 is 14.2 Å². The number of nitrogens with zero attached hydrogens (tertiary/aromatic N) is 2. The van der Waals surface area contributed by atoms with E-state index in [0.29, 0.717) is 38.0 Å². The first-order valence-corrected chi connectivity index (χ1v) is 12.8. The summed E-state index contributed by atoms with van der Waals surface area (Å²) < 4.78 is 18.3. The zero-order valence-corrected chi connectivity index (χ0v) is 22.3. The van der Waals surface area contributed by atoms with E-state index in [1.807, 2.05) is 12.1 Å². The summed E-state index contributed by atoms with van der Waals surface area (Å²) >= 11 is 7.22. The summed E-state index contributed by atoms with van der Waals surface area (Å²) in [4.78, 5) is 43.4. The number of fused-ring (bicyclic) bond motifs is 1. The summed E-state index contributed by atoms with van der Waals surface area (Å²) in [6.07, 6.45) is 1.76. The fourth-order valence-corrected chi connectivity index (χ4v) is 5.19. The van der Waals surface area contributed by atoms with E-state index in [1.54, 1.807) is 57.2 Å². The van der Waals surface area contributed by atoms with Gasteiger partial charge in [-0.3, -0.25) is 14.2 Å². The highest BCUT2D eigenvalue weighted by Gasteiger charge is 2.34. The van der Waals surface area contributed by atoms with Gasteiger partial charge in [-0.1, -0.05) is 41.1 Å². The summed E-state index contributed by atoms with van der Waals surface area (Å²) in [6.45, 7) is 7.02. The van der Waals surface area contributed by atoms with Crippen LogP contribution in [-0.2, 0) is 14.3 Å². The smallest absolute Gasteiger partial charge is 0.338 e. The van der Waals surface area contributed by atoms with Gasteiger partial charge in [0.25, 0.3) is 5.56 Å². The standard InChI is InChI=1S/C27H25ClN2O6S/c1-5-34-21-14-18(9-12-20(21)36-16(4)31)24-23(26(33)35-6-2)15(3)29-27-30(24)25(32)22(37-27)13-17-7-10-19(28)11-8-17/h7-14,24H,5-6H2,1-4H3/b22-13+. The second-order valence-electron chi connectivity index (χ2n) is 8.09. The highest BCUT2D eigenvalue weighted by atomic mass is 35.5. The lowest BCUT2D eigenvalue weighted by Gasteiger charge is -2.25. The molecule has 0 spiro atoms. The quantitative estimate of drug-likeness (QED) is 0.334. The van der Waals surface area contributed by atoms with Crippen molar-refractivity contribution in [3.63, 3.8) is 0 Å². The van der Waals surface area contributed by atoms with Crippen molar-refractivity contribution in [3.05, 3.63) is 89.6 Å². The van der Waals surface area contributed by atoms with Crippen LogP contribution in [0.25, 0.3) is 6.08 Å². The molecule has 192 valence electrons. The monoisotopic (exact) mass is 540 g/mol. The zero-order valence-electron chi connectivity index (χ0n) is 20.7. The SMILES string of the molecule is CCOC(=O)C1=C(C)N=c2s/c(=C/c3ccc(Cl)cc3)c(=O)n2C1c1ccc(OC(C)=O)c(OCC)c1. The van der Waals surface area contributed by atoms with Crippen molar-refractivity contribution in [2.75, 3.05) is 13.2 Å². The van der Waals surface area contributed by atoms with Gasteiger partial charge in [-0.2, -0.15) is 0 Å². The molecule has 0 saturated carbocycles. The topological polar surface area (TPSA) is 96.2 Å². The number of carbonyl (C=O) groups excluding carboxylic acids is 2. The lowest BCUT2D eigenvalue weighted by molar-refractivity contribution is -0.139. The van der Waals surface area contributed by atoms with Crippen LogP contribution in [0, 0.1) is 0 Å². The second-order valence-corrected chi connectivity index (χ2v) is 9.53. The normalized spacial score (nSPS) is 15.2. The number of esters is 2. The Kier molecular flexibility index (Phi) is 7.94. The van der Waals surface area contributed by atoms with Gasteiger partial charge in [0.2, 0.25) is 0 Å². The van der Waals surface area contributed by atoms with Crippen LogP contribution in [0.4, 0.5) is 0 Å². The summed E-state index contributed by atoms with van der Waals surface area (Å²) in [5.41, 5.74) is 1.77. The molecule has 2 aromatic carbocycles. The van der Waals surface area contributed by atoms with Crippen LogP contribution in [0.3, 0.4) is 0 Å². The molecule has 2 heterocycles. The predicted octanol–water partition coefficient (Wildman–Crippen LogP) is 3.78. The zero-order chi connectivity index (χ0) is 26.7. The molecule has 0 saturated heterocycles. The van der Waals surface area contributed by atoms with Crippen LogP contribution < -0.4 is 24.4 Å². The third-order valence-electron chi connectivity index (χ3n) is 5.52. The maximum Gasteiger partial charge on any atom is 0.338 e. The number of carbonyl (C=O) groups is 2. The van der Waals surface area contributed by atoms with E-state index in [0.717, 1.165) is 5.56 Å². The molecule has 0 aliphatic carbocycles. The van der Waals surface area contributed by atoms with Gasteiger partial charge in [0.15, 0.2) is 16.3 Å². The number of hydrogen-bond donors (Lipinski definition) is 0. The molecule has 1 aliphatic rings. The van der Waals surface area contributed by atoms with Gasteiger partial charge in [-0.05, 0) is 62.2 Å². The van der Waals surface area contributed by atoms with Gasteiger partial charge in [0.05, 0.1) is 35.1 Å². The molecule has 37 heavy (non-hydrogen) atoms. The molecule has 1 atom stereocenters. The molecule has 0 amide bonds. The average molecular weight is 541 g/mol. The Morgan fingerprint density at radius 2 is 1.84 bits per heavy atom. The summed E-state index contributed by atoms with van der Waals surface area (Å²) in [6, 6.07) is 11.2. The molecule has 1 aromatic heterocycles. The molecule has 0 fully saturated rings. The molecular formula is C27H25ClN2O6S. The molecule has 3 aromatic rings. The van der Waals surface area contributed by atoms with Crippen LogP contribution in [0.15, 0.2) is 63.5 Å². The van der Waals surface area contributed by atoms with Crippen molar-refractivity contribution in [1.29, 1.82) is 0 Å². The van der Waals surface area contributed by atoms with Crippen LogP contribution in [0.1, 0.15) is 44.9 Å². The van der Waals surface area contributed by atoms with E-state index in [4.69, 9.17) is 25.8 Å². The van der Waals surface area contributed by atoms with Crippen molar-refractivity contribution < 1.29 is 23.8 Å². The van der Waals surface area contributed by atoms with Crippen molar-refractivity contribution in [2.24, 2.45) is 4.99 Å². The summed E-state index contributed by atoms with van der Waals surface area (Å²) in [5, 5.41) is 0.593. The van der Waals surface area contributed by atoms with Crippen LogP contribution >= 0.6 is 22.9 Å². The molecule has 0 radical (unpaired) electrons. The number of thiazole rings is 1. The van der Waals surface area contributed by atoms with E-state index in [2.05, 4.69) is 4.99 Å². The van der Waals surface area contributed by atoms with E-state index < -0.39 is 18.0 Å². The molecule has 1 unspecified atom stereocenters. The lowest BCUT2D eigenvalue weighted by Crippen LogP contribution is -2.40. The highest BCUT2D eigenvalue weighted by Crippen LogP contribution is 2.36. The Bertz CT molecular complexity index is 1570. The molecule has 10 heteroatoms. The summed E-state index contributed by atoms with van der Waals surface area (Å²) in [5.74, 6) is -0.502. The Hall–Kier alpha value is -3.69. The van der Waals surface area contributed by atoms with E-state index in [9.17, 15) is 14.4 Å². The summed E-state index contributed by atoms with van der Waals surface area (Å²) in [7, 11) is 0. The van der Waals surface area contributed by atoms with Gasteiger partial charge in [-0.15, -0.1) is 0 Å². The van der Waals surface area contributed by atoms with E-state index in [1.165, 1.54) is 22.8 Å². The molecule has 8 nitrogen and oxygen atoms in total. The molecule has 4 rings (SSSR count). The number of halogens is 1. The fraction of sp³-hybridized carbons (Fsp3) is 0.259. The minimum Gasteiger partial charge on any atom is -0.490 e. The van der Waals surface area contributed by atoms with Crippen molar-refractivity contribution in [2.45, 2.75) is 33.7 Å². The Labute approximate surface area is 222 Å². The minimum atomic E-state index is -0.826. The number of allylic oxidation sites excluding steroid dienone is 1. The predicted molar refractivity (Wildman–Crippen MR) is 141 cm³/mol. The minimum absolute atomic E-state index is 0.166. The van der Waals surface area contributed by atoms with Gasteiger partial charge in [0.1, 0.15) is 0 Å². The number of rotatable bonds is 7. The largest absolute Gasteiger partial charge is 0.490 e. The molecule has 1 aliphatic heterocycles. The Morgan fingerprint density at radius 1 is 1.11 bits per heavy atom. The molecule has 0 N–H and O–H groups in total. The molecule has 0 bridgehead atoms. The van der Waals surface area contributed by atoms with Gasteiger partial charge >= 0.3 is 11.9 Å². The maximum atomic E-state index is 13.7. The first-order chi connectivity index (χ1) is 17.7. The Morgan fingerprint density at radius 3 is 2.49 bits per heavy atom. The number of benzene rings is 2. The first kappa shape index (κ1) is 26.4. The third-order valence-corrected chi connectivity index (χ3v) is 6.76. The van der Waals surface area contributed by atoms with E-state index >= 15 is 0 Å². The van der Waals surface area contributed by atoms with Crippen molar-refractivity contribution in [3.8, 4) is 11.5 Å². The lowest BCUT2D eigenvalue weighted by atomic mass is 9.95. The van der Waals surface area contributed by atoms with Crippen molar-refractivity contribution >= 4 is 41.0 Å². The average Bonchev–Trinajstić information content (AvgIpc) is 3.15.